The molecule has 0 N–H and O–H groups in total. The maximum atomic E-state index is 5.64. The van der Waals surface area contributed by atoms with Gasteiger partial charge in [0.2, 0.25) is 0 Å². The molecule has 2 aliphatic rings. The fourth-order valence-corrected chi connectivity index (χ4v) is 3.20. The summed E-state index contributed by atoms with van der Waals surface area (Å²) in [4.78, 5) is 7.05. The number of benzene rings is 1. The van der Waals surface area contributed by atoms with E-state index in [4.69, 9.17) is 9.73 Å². The fourth-order valence-electron chi connectivity index (χ4n) is 2.85. The van der Waals surface area contributed by atoms with Crippen molar-refractivity contribution < 1.29 is 4.74 Å². The number of fused-ring (bicyclic) bond motifs is 2. The lowest BCUT2D eigenvalue weighted by atomic mass is 9.90. The molecule has 1 atom stereocenters. The monoisotopic (exact) mass is 334 g/mol. The van der Waals surface area contributed by atoms with E-state index in [0.29, 0.717) is 5.92 Å². The van der Waals surface area contributed by atoms with Gasteiger partial charge in [-0.1, -0.05) is 22.5 Å². The third kappa shape index (κ3) is 2.11. The molecule has 0 aliphatic carbocycles. The smallest absolute Gasteiger partial charge is 0.110 e. The van der Waals surface area contributed by atoms with Crippen LogP contribution in [0.5, 0.6) is 0 Å². The number of methoxy groups -OCH3 is 1. The number of hydrogen-bond acceptors (Lipinski definition) is 3. The number of amidine groups is 1. The summed E-state index contributed by atoms with van der Waals surface area (Å²) in [6.07, 6.45) is 0.936. The first-order valence-electron chi connectivity index (χ1n) is 6.81. The first kappa shape index (κ1) is 13.8. The van der Waals surface area contributed by atoms with E-state index in [-0.39, 0.29) is 5.60 Å². The molecule has 106 valence electrons. The average molecular weight is 335 g/mol. The zero-order chi connectivity index (χ0) is 14.5. The van der Waals surface area contributed by atoms with Gasteiger partial charge in [-0.15, -0.1) is 0 Å². The van der Waals surface area contributed by atoms with Crippen LogP contribution in [0, 0.1) is 5.92 Å². The van der Waals surface area contributed by atoms with E-state index in [1.807, 2.05) is 6.07 Å². The Hall–Kier alpha value is -1.13. The fraction of sp³-hybridized carbons (Fsp3) is 0.438. The molecule has 1 aromatic rings. The number of nitrogens with zero attached hydrogens (tertiary/aromatic N) is 2. The molecule has 0 bridgehead atoms. The Morgan fingerprint density at radius 1 is 1.45 bits per heavy atom. The molecule has 3 rings (SSSR count). The summed E-state index contributed by atoms with van der Waals surface area (Å²) in [7, 11) is 1.78. The number of ether oxygens (including phenoxy) is 1. The van der Waals surface area contributed by atoms with Crippen molar-refractivity contribution in [2.24, 2.45) is 10.9 Å². The van der Waals surface area contributed by atoms with Crippen LogP contribution >= 0.6 is 15.9 Å². The first-order chi connectivity index (χ1) is 9.42. The predicted octanol–water partition coefficient (Wildman–Crippen LogP) is 4.21. The lowest BCUT2D eigenvalue weighted by molar-refractivity contribution is -0.0226. The van der Waals surface area contributed by atoms with Gasteiger partial charge in [-0.25, -0.2) is 4.99 Å². The molecular weight excluding hydrogens is 316 g/mol. The highest BCUT2D eigenvalue weighted by Crippen LogP contribution is 2.42. The zero-order valence-corrected chi connectivity index (χ0v) is 13.7. The predicted molar refractivity (Wildman–Crippen MR) is 86.2 cm³/mol. The second-order valence-corrected chi connectivity index (χ2v) is 6.87. The summed E-state index contributed by atoms with van der Waals surface area (Å²) >= 11 is 3.51. The lowest BCUT2D eigenvalue weighted by Gasteiger charge is -2.31. The maximum Gasteiger partial charge on any atom is 0.110 e. The van der Waals surface area contributed by atoms with Crippen LogP contribution < -0.4 is 0 Å². The van der Waals surface area contributed by atoms with Crippen LogP contribution in [-0.2, 0) is 4.74 Å². The normalized spacial score (nSPS) is 21.6. The molecule has 2 aliphatic heterocycles. The second kappa shape index (κ2) is 4.71. The Labute approximate surface area is 128 Å². The van der Waals surface area contributed by atoms with Crippen LogP contribution in [0.15, 0.2) is 34.2 Å². The minimum Gasteiger partial charge on any atom is -0.378 e. The van der Waals surface area contributed by atoms with Crippen molar-refractivity contribution in [2.75, 3.05) is 13.7 Å². The molecule has 0 aromatic heterocycles. The van der Waals surface area contributed by atoms with Crippen LogP contribution in [0.3, 0.4) is 0 Å². The summed E-state index contributed by atoms with van der Waals surface area (Å²) in [5, 5.41) is 0. The third-order valence-corrected chi connectivity index (χ3v) is 4.99. The Morgan fingerprint density at radius 3 is 2.90 bits per heavy atom. The van der Waals surface area contributed by atoms with Crippen LogP contribution in [0.4, 0.5) is 5.69 Å². The maximum absolute atomic E-state index is 5.64. The van der Waals surface area contributed by atoms with Crippen molar-refractivity contribution in [1.82, 2.24) is 4.90 Å². The van der Waals surface area contributed by atoms with E-state index in [1.165, 1.54) is 0 Å². The minimum atomic E-state index is -0.146. The van der Waals surface area contributed by atoms with Crippen LogP contribution in [0.1, 0.15) is 25.8 Å². The molecule has 0 amide bonds. The Balaban J connectivity index is 1.97. The third-order valence-electron chi connectivity index (χ3n) is 4.50. The summed E-state index contributed by atoms with van der Waals surface area (Å²) in [5.41, 5.74) is 3.03. The molecule has 0 spiro atoms. The van der Waals surface area contributed by atoms with E-state index in [0.717, 1.165) is 40.2 Å². The molecule has 20 heavy (non-hydrogen) atoms. The van der Waals surface area contributed by atoms with E-state index >= 15 is 0 Å². The molecule has 1 unspecified atom stereocenters. The van der Waals surface area contributed by atoms with Crippen molar-refractivity contribution in [3.05, 3.63) is 34.8 Å². The topological polar surface area (TPSA) is 24.8 Å². The number of hydrogen-bond donors (Lipinski definition) is 0. The summed E-state index contributed by atoms with van der Waals surface area (Å²) < 4.78 is 6.69. The van der Waals surface area contributed by atoms with Gasteiger partial charge in [-0.05, 0) is 32.0 Å². The standard InChI is InChI=1S/C16H19BrN2O/c1-10-13-6-5-12(17)8-14(13)18-15-7-11(9-19(10)15)16(2,3)20-4/h5-6,8,11H,1,7,9H2,2-4H3. The summed E-state index contributed by atoms with van der Waals surface area (Å²) in [6.45, 7) is 9.47. The van der Waals surface area contributed by atoms with Gasteiger partial charge in [0.1, 0.15) is 5.84 Å². The Bertz CT molecular complexity index is 606. The van der Waals surface area contributed by atoms with Crippen molar-refractivity contribution in [3.8, 4) is 0 Å². The van der Waals surface area contributed by atoms with Gasteiger partial charge in [-0.2, -0.15) is 0 Å². The van der Waals surface area contributed by atoms with Crippen LogP contribution in [0.2, 0.25) is 0 Å². The average Bonchev–Trinajstić information content (AvgIpc) is 2.83. The first-order valence-corrected chi connectivity index (χ1v) is 7.61. The molecule has 4 heteroatoms. The number of rotatable bonds is 2. The highest BCUT2D eigenvalue weighted by molar-refractivity contribution is 9.10. The molecule has 1 saturated heterocycles. The number of halogens is 1. The van der Waals surface area contributed by atoms with E-state index in [2.05, 4.69) is 53.4 Å². The van der Waals surface area contributed by atoms with Crippen molar-refractivity contribution in [3.63, 3.8) is 0 Å². The highest BCUT2D eigenvalue weighted by atomic mass is 79.9. The van der Waals surface area contributed by atoms with Gasteiger partial charge in [-0.3, -0.25) is 0 Å². The molecule has 1 fully saturated rings. The molecule has 0 radical (unpaired) electrons. The second-order valence-electron chi connectivity index (χ2n) is 5.96. The quantitative estimate of drug-likeness (QED) is 0.809. The lowest BCUT2D eigenvalue weighted by Crippen LogP contribution is -2.35. The van der Waals surface area contributed by atoms with Crippen molar-refractivity contribution >= 4 is 33.1 Å². The van der Waals surface area contributed by atoms with Gasteiger partial charge in [0.05, 0.1) is 11.3 Å². The largest absolute Gasteiger partial charge is 0.378 e. The van der Waals surface area contributed by atoms with Gasteiger partial charge in [0.25, 0.3) is 0 Å². The van der Waals surface area contributed by atoms with Gasteiger partial charge >= 0.3 is 0 Å². The molecule has 1 aromatic carbocycles. The van der Waals surface area contributed by atoms with Crippen LogP contribution in [0.25, 0.3) is 5.70 Å². The zero-order valence-electron chi connectivity index (χ0n) is 12.1. The van der Waals surface area contributed by atoms with Crippen LogP contribution in [-0.4, -0.2) is 30.0 Å². The van der Waals surface area contributed by atoms with E-state index in [9.17, 15) is 0 Å². The minimum absolute atomic E-state index is 0.146. The van der Waals surface area contributed by atoms with Gasteiger partial charge in [0.15, 0.2) is 0 Å². The number of aliphatic imine (C=N–C) groups is 1. The molecule has 3 nitrogen and oxygen atoms in total. The molecule has 0 saturated carbocycles. The molecular formula is C16H19BrN2O. The van der Waals surface area contributed by atoms with Gasteiger partial charge in [0, 0.05) is 41.7 Å². The highest BCUT2D eigenvalue weighted by Gasteiger charge is 2.41. The molecule has 2 heterocycles. The SMILES string of the molecule is C=C1c2ccc(Br)cc2N=C2CC(C(C)(C)OC)CN12. The van der Waals surface area contributed by atoms with Gasteiger partial charge < -0.3 is 9.64 Å². The Kier molecular flexibility index (Phi) is 3.26. The summed E-state index contributed by atoms with van der Waals surface area (Å²) in [5.74, 6) is 1.54. The Morgan fingerprint density at radius 2 is 2.20 bits per heavy atom. The van der Waals surface area contributed by atoms with E-state index < -0.39 is 0 Å². The van der Waals surface area contributed by atoms with E-state index in [1.54, 1.807) is 7.11 Å². The summed E-state index contributed by atoms with van der Waals surface area (Å²) in [6, 6.07) is 6.17. The van der Waals surface area contributed by atoms with Crippen molar-refractivity contribution in [1.29, 1.82) is 0 Å². The van der Waals surface area contributed by atoms with Crippen molar-refractivity contribution in [2.45, 2.75) is 25.9 Å².